The average Bonchev–Trinajstić information content (AvgIpc) is 2.54. The molecule has 0 bridgehead atoms. The van der Waals surface area contributed by atoms with Crippen LogP contribution >= 0.6 is 11.6 Å². The van der Waals surface area contributed by atoms with Crippen LogP contribution in [0.15, 0.2) is 36.4 Å². The summed E-state index contributed by atoms with van der Waals surface area (Å²) in [6.07, 6.45) is 4.90. The highest BCUT2D eigenvalue weighted by molar-refractivity contribution is 6.30. The van der Waals surface area contributed by atoms with Crippen LogP contribution < -0.4 is 10.5 Å². The molecule has 0 spiro atoms. The Kier molecular flexibility index (Phi) is 5.01. The van der Waals surface area contributed by atoms with E-state index in [-0.39, 0.29) is 16.9 Å². The monoisotopic (exact) mass is 334 g/mol. The van der Waals surface area contributed by atoms with Crippen molar-refractivity contribution in [2.24, 2.45) is 5.92 Å². The Morgan fingerprint density at radius 2 is 1.87 bits per heavy atom. The maximum atomic E-state index is 13.9. The van der Waals surface area contributed by atoms with Crippen LogP contribution in [0.3, 0.4) is 0 Å². The molecule has 0 unspecified atom stereocenters. The van der Waals surface area contributed by atoms with Crippen molar-refractivity contribution in [3.05, 3.63) is 52.9 Å². The largest absolute Gasteiger partial charge is 0.487 e. The highest BCUT2D eigenvalue weighted by atomic mass is 35.5. The number of rotatable bonds is 4. The van der Waals surface area contributed by atoms with Crippen LogP contribution in [0.2, 0.25) is 5.02 Å². The molecule has 1 aliphatic rings. The molecule has 3 rings (SSSR count). The molecule has 1 fully saturated rings. The zero-order valence-corrected chi connectivity index (χ0v) is 13.6. The molecule has 1 aromatic carbocycles. The third-order valence-corrected chi connectivity index (χ3v) is 4.62. The van der Waals surface area contributed by atoms with Crippen LogP contribution in [-0.4, -0.2) is 11.1 Å². The lowest BCUT2D eigenvalue weighted by Crippen LogP contribution is -2.25. The summed E-state index contributed by atoms with van der Waals surface area (Å²) < 4.78 is 19.7. The summed E-state index contributed by atoms with van der Waals surface area (Å²) in [6.45, 7) is 0. The van der Waals surface area contributed by atoms with E-state index in [1.165, 1.54) is 6.07 Å². The van der Waals surface area contributed by atoms with Gasteiger partial charge in [-0.05, 0) is 62.3 Å². The van der Waals surface area contributed by atoms with Gasteiger partial charge in [0.25, 0.3) is 0 Å². The fourth-order valence-corrected chi connectivity index (χ4v) is 3.28. The lowest BCUT2D eigenvalue weighted by atomic mass is 9.84. The molecule has 0 saturated heterocycles. The van der Waals surface area contributed by atoms with Crippen molar-refractivity contribution in [1.82, 2.24) is 4.98 Å². The first-order valence-electron chi connectivity index (χ1n) is 7.94. The molecular weight excluding hydrogens is 315 g/mol. The summed E-state index contributed by atoms with van der Waals surface area (Å²) in [5.41, 5.74) is 6.76. The number of aromatic nitrogens is 1. The van der Waals surface area contributed by atoms with Gasteiger partial charge >= 0.3 is 0 Å². The zero-order valence-electron chi connectivity index (χ0n) is 12.8. The molecule has 2 N–H and O–H groups in total. The van der Waals surface area contributed by atoms with Gasteiger partial charge in [0.05, 0.1) is 11.1 Å². The predicted octanol–water partition coefficient (Wildman–Crippen LogP) is 4.64. The third-order valence-electron chi connectivity index (χ3n) is 4.33. The molecule has 1 aromatic heterocycles. The van der Waals surface area contributed by atoms with Crippen LogP contribution in [0.1, 0.15) is 31.4 Å². The molecule has 23 heavy (non-hydrogen) atoms. The van der Waals surface area contributed by atoms with Crippen LogP contribution in [0.5, 0.6) is 5.75 Å². The van der Waals surface area contributed by atoms with Gasteiger partial charge in [-0.15, -0.1) is 0 Å². The Morgan fingerprint density at radius 1 is 1.13 bits per heavy atom. The first-order chi connectivity index (χ1) is 11.1. The number of hydrogen-bond donors (Lipinski definition) is 1. The van der Waals surface area contributed by atoms with Gasteiger partial charge in [-0.1, -0.05) is 23.7 Å². The van der Waals surface area contributed by atoms with E-state index in [4.69, 9.17) is 22.1 Å². The van der Waals surface area contributed by atoms with E-state index in [1.54, 1.807) is 18.2 Å². The molecule has 0 atom stereocenters. The smallest absolute Gasteiger partial charge is 0.183 e. The van der Waals surface area contributed by atoms with Gasteiger partial charge in [0, 0.05) is 5.69 Å². The molecule has 1 heterocycles. The van der Waals surface area contributed by atoms with E-state index in [1.807, 2.05) is 12.1 Å². The molecule has 5 heteroatoms. The van der Waals surface area contributed by atoms with Gasteiger partial charge in [-0.3, -0.25) is 0 Å². The standard InChI is InChI=1S/C18H20ClFN2O/c19-15-4-2-5-16(18(15)20)23-14-9-7-12(8-10-14)11-13-3-1-6-17(21)22-13/h1-6,12,14H,7-11H2,(H2,21,22)/t12-,14+. The van der Waals surface area contributed by atoms with Gasteiger partial charge < -0.3 is 10.5 Å². The first-order valence-corrected chi connectivity index (χ1v) is 8.31. The van der Waals surface area contributed by atoms with Crippen molar-refractivity contribution in [3.63, 3.8) is 0 Å². The lowest BCUT2D eigenvalue weighted by Gasteiger charge is -2.29. The minimum Gasteiger partial charge on any atom is -0.487 e. The molecule has 0 amide bonds. The SMILES string of the molecule is Nc1cccc(C[C@H]2CC[C@@H](Oc3cccc(Cl)c3F)CC2)n1. The van der Waals surface area contributed by atoms with Crippen LogP contribution in [0, 0.1) is 11.7 Å². The van der Waals surface area contributed by atoms with Gasteiger partial charge in [0.15, 0.2) is 11.6 Å². The lowest BCUT2D eigenvalue weighted by molar-refractivity contribution is 0.126. The number of nitrogens with two attached hydrogens (primary N) is 1. The number of halogens is 2. The van der Waals surface area contributed by atoms with E-state index in [0.29, 0.717) is 11.7 Å². The van der Waals surface area contributed by atoms with Crippen LogP contribution in [0.25, 0.3) is 0 Å². The summed E-state index contributed by atoms with van der Waals surface area (Å²) >= 11 is 5.79. The Balaban J connectivity index is 1.53. The number of ether oxygens (including phenoxy) is 1. The van der Waals surface area contributed by atoms with E-state index in [0.717, 1.165) is 37.8 Å². The van der Waals surface area contributed by atoms with Gasteiger partial charge in [0.1, 0.15) is 5.82 Å². The Hall–Kier alpha value is -1.81. The first kappa shape index (κ1) is 16.1. The van der Waals surface area contributed by atoms with Crippen molar-refractivity contribution < 1.29 is 9.13 Å². The highest BCUT2D eigenvalue weighted by Crippen LogP contribution is 2.32. The molecule has 122 valence electrons. The van der Waals surface area contributed by atoms with E-state index >= 15 is 0 Å². The van der Waals surface area contributed by atoms with Crippen LogP contribution in [-0.2, 0) is 6.42 Å². The predicted molar refractivity (Wildman–Crippen MR) is 90.1 cm³/mol. The van der Waals surface area contributed by atoms with Gasteiger partial charge in [0.2, 0.25) is 0 Å². The molecule has 3 nitrogen and oxygen atoms in total. The zero-order chi connectivity index (χ0) is 16.2. The van der Waals surface area contributed by atoms with Crippen molar-refractivity contribution in [1.29, 1.82) is 0 Å². The molecule has 0 radical (unpaired) electrons. The molecule has 1 aliphatic carbocycles. The maximum absolute atomic E-state index is 13.9. The Morgan fingerprint density at radius 3 is 2.61 bits per heavy atom. The second-order valence-corrected chi connectivity index (χ2v) is 6.48. The topological polar surface area (TPSA) is 48.1 Å². The summed E-state index contributed by atoms with van der Waals surface area (Å²) in [7, 11) is 0. The Bertz CT molecular complexity index is 672. The minimum absolute atomic E-state index is 0.0491. The Labute approximate surface area is 140 Å². The average molecular weight is 335 g/mol. The molecular formula is C18H20ClFN2O. The fourth-order valence-electron chi connectivity index (χ4n) is 3.12. The van der Waals surface area contributed by atoms with Crippen molar-refractivity contribution >= 4 is 17.4 Å². The number of pyridine rings is 1. The van der Waals surface area contributed by atoms with Crippen molar-refractivity contribution in [2.45, 2.75) is 38.2 Å². The number of benzene rings is 1. The summed E-state index contributed by atoms with van der Waals surface area (Å²) in [4.78, 5) is 4.36. The number of nitrogen functional groups attached to an aromatic ring is 1. The van der Waals surface area contributed by atoms with Gasteiger partial charge in [-0.25, -0.2) is 9.37 Å². The van der Waals surface area contributed by atoms with E-state index in [9.17, 15) is 4.39 Å². The van der Waals surface area contributed by atoms with Gasteiger partial charge in [-0.2, -0.15) is 0 Å². The summed E-state index contributed by atoms with van der Waals surface area (Å²) in [5, 5.41) is 0.101. The molecule has 2 aromatic rings. The number of hydrogen-bond acceptors (Lipinski definition) is 3. The minimum atomic E-state index is -0.472. The van der Waals surface area contributed by atoms with Crippen molar-refractivity contribution in [3.8, 4) is 5.75 Å². The van der Waals surface area contributed by atoms with Crippen molar-refractivity contribution in [2.75, 3.05) is 5.73 Å². The third kappa shape index (κ3) is 4.14. The molecule has 1 saturated carbocycles. The second kappa shape index (κ2) is 7.18. The fraction of sp³-hybridized carbons (Fsp3) is 0.389. The second-order valence-electron chi connectivity index (χ2n) is 6.07. The maximum Gasteiger partial charge on any atom is 0.183 e. The summed E-state index contributed by atoms with van der Waals surface area (Å²) in [6, 6.07) is 10.6. The number of nitrogens with zero attached hydrogens (tertiary/aromatic N) is 1. The highest BCUT2D eigenvalue weighted by Gasteiger charge is 2.24. The molecule has 0 aliphatic heterocycles. The van der Waals surface area contributed by atoms with E-state index < -0.39 is 5.82 Å². The van der Waals surface area contributed by atoms with Crippen LogP contribution in [0.4, 0.5) is 10.2 Å². The normalized spacial score (nSPS) is 21.1. The summed E-state index contributed by atoms with van der Waals surface area (Å²) in [5.74, 6) is 0.919. The number of anilines is 1. The quantitative estimate of drug-likeness (QED) is 0.886. The van der Waals surface area contributed by atoms with E-state index in [2.05, 4.69) is 4.98 Å².